The van der Waals surface area contributed by atoms with Gasteiger partial charge < -0.3 is 5.32 Å². The van der Waals surface area contributed by atoms with E-state index < -0.39 is 21.8 Å². The topological polar surface area (TPSA) is 71.1 Å². The maximum absolute atomic E-state index is 12.5. The van der Waals surface area contributed by atoms with E-state index in [1.165, 1.54) is 30.5 Å². The molecule has 1 heterocycles. The molecule has 0 saturated heterocycles. The first-order chi connectivity index (χ1) is 11.2. The number of hydrogen-bond acceptors (Lipinski definition) is 4. The van der Waals surface area contributed by atoms with Gasteiger partial charge in [0.1, 0.15) is 10.7 Å². The first-order valence-electron chi connectivity index (χ1n) is 7.08. The molecule has 5 nitrogen and oxygen atoms in total. The Balaban J connectivity index is 2.00. The largest absolute Gasteiger partial charge is 0.416 e. The van der Waals surface area contributed by atoms with Gasteiger partial charge in [0.05, 0.1) is 5.56 Å². The fourth-order valence-corrected chi connectivity index (χ4v) is 2.91. The molecule has 0 saturated carbocycles. The van der Waals surface area contributed by atoms with Crippen LogP contribution < -0.4 is 10.0 Å². The molecule has 0 atom stereocenters. The summed E-state index contributed by atoms with van der Waals surface area (Å²) in [5.41, 5.74) is -0.0588. The molecule has 2 aromatic rings. The highest BCUT2D eigenvalue weighted by atomic mass is 32.2. The van der Waals surface area contributed by atoms with Crippen LogP contribution in [0.5, 0.6) is 0 Å². The van der Waals surface area contributed by atoms with E-state index in [-0.39, 0.29) is 18.0 Å². The lowest BCUT2D eigenvalue weighted by Gasteiger charge is -2.09. The summed E-state index contributed by atoms with van der Waals surface area (Å²) in [5, 5.41) is 2.92. The van der Waals surface area contributed by atoms with Crippen LogP contribution in [-0.2, 0) is 22.7 Å². The number of anilines is 1. The third kappa shape index (κ3) is 4.68. The normalized spacial score (nSPS) is 12.2. The van der Waals surface area contributed by atoms with Gasteiger partial charge in [-0.05, 0) is 29.8 Å². The number of aromatic nitrogens is 1. The highest BCUT2D eigenvalue weighted by Crippen LogP contribution is 2.29. The first-order valence-corrected chi connectivity index (χ1v) is 8.56. The molecule has 130 valence electrons. The second kappa shape index (κ2) is 7.18. The van der Waals surface area contributed by atoms with Crippen LogP contribution in [0.4, 0.5) is 19.0 Å². The van der Waals surface area contributed by atoms with Gasteiger partial charge in [-0.25, -0.2) is 18.1 Å². The van der Waals surface area contributed by atoms with Crippen LogP contribution in [-0.4, -0.2) is 19.9 Å². The van der Waals surface area contributed by atoms with Crippen LogP contribution in [0.25, 0.3) is 0 Å². The zero-order chi connectivity index (χ0) is 17.8. The standard InChI is InChI=1S/C15H16F3N3O2S/c1-2-21-24(22,23)13-7-8-14(20-10-13)19-9-11-3-5-12(6-4-11)15(16,17)18/h3-8,10,21H,2,9H2,1H3,(H,19,20). The third-order valence-corrected chi connectivity index (χ3v) is 4.67. The van der Waals surface area contributed by atoms with E-state index in [1.807, 2.05) is 0 Å². The van der Waals surface area contributed by atoms with Gasteiger partial charge >= 0.3 is 6.18 Å². The van der Waals surface area contributed by atoms with Crippen molar-refractivity contribution in [3.05, 3.63) is 53.7 Å². The quantitative estimate of drug-likeness (QED) is 0.832. The second-order valence-corrected chi connectivity index (χ2v) is 6.70. The Kier molecular flexibility index (Phi) is 5.45. The summed E-state index contributed by atoms with van der Waals surface area (Å²) in [6.45, 7) is 2.21. The van der Waals surface area contributed by atoms with Gasteiger partial charge in [-0.15, -0.1) is 0 Å². The minimum Gasteiger partial charge on any atom is -0.366 e. The van der Waals surface area contributed by atoms with Gasteiger partial charge in [-0.1, -0.05) is 19.1 Å². The average molecular weight is 359 g/mol. The van der Waals surface area contributed by atoms with Crippen molar-refractivity contribution in [2.24, 2.45) is 0 Å². The monoisotopic (exact) mass is 359 g/mol. The average Bonchev–Trinajstić information content (AvgIpc) is 2.53. The summed E-state index contributed by atoms with van der Waals surface area (Å²) in [6.07, 6.45) is -3.14. The number of halogens is 3. The van der Waals surface area contributed by atoms with Crippen LogP contribution in [0.3, 0.4) is 0 Å². The van der Waals surface area contributed by atoms with Crippen molar-refractivity contribution in [1.82, 2.24) is 9.71 Å². The molecule has 0 spiro atoms. The molecule has 0 aliphatic heterocycles. The van der Waals surface area contributed by atoms with Crippen molar-refractivity contribution >= 4 is 15.8 Å². The number of rotatable bonds is 6. The maximum Gasteiger partial charge on any atom is 0.416 e. The van der Waals surface area contributed by atoms with E-state index in [0.29, 0.717) is 11.4 Å². The predicted octanol–water partition coefficient (Wildman–Crippen LogP) is 3.01. The minimum atomic E-state index is -4.36. The molecule has 24 heavy (non-hydrogen) atoms. The molecule has 9 heteroatoms. The summed E-state index contributed by atoms with van der Waals surface area (Å²) in [7, 11) is -3.56. The molecule has 2 N–H and O–H groups in total. The highest BCUT2D eigenvalue weighted by molar-refractivity contribution is 7.89. The summed E-state index contributed by atoms with van der Waals surface area (Å²) in [4.78, 5) is 4.03. The van der Waals surface area contributed by atoms with E-state index >= 15 is 0 Å². The van der Waals surface area contributed by atoms with E-state index in [9.17, 15) is 21.6 Å². The lowest BCUT2D eigenvalue weighted by atomic mass is 10.1. The molecule has 0 unspecified atom stereocenters. The van der Waals surface area contributed by atoms with Crippen molar-refractivity contribution in [1.29, 1.82) is 0 Å². The molecule has 0 aliphatic carbocycles. The molecule has 0 radical (unpaired) electrons. The molecule has 0 amide bonds. The fourth-order valence-electron chi connectivity index (χ4n) is 1.92. The molecule has 0 aliphatic rings. The smallest absolute Gasteiger partial charge is 0.366 e. The molecule has 1 aromatic heterocycles. The van der Waals surface area contributed by atoms with Crippen LogP contribution in [0, 0.1) is 0 Å². The lowest BCUT2D eigenvalue weighted by molar-refractivity contribution is -0.137. The van der Waals surface area contributed by atoms with Gasteiger partial charge in [-0.2, -0.15) is 13.2 Å². The Morgan fingerprint density at radius 1 is 1.08 bits per heavy atom. The Bertz CT molecular complexity index is 773. The van der Waals surface area contributed by atoms with Crippen molar-refractivity contribution in [3.63, 3.8) is 0 Å². The summed E-state index contributed by atoms with van der Waals surface area (Å²) < 4.78 is 63.3. The predicted molar refractivity (Wildman–Crippen MR) is 83.9 cm³/mol. The first kappa shape index (κ1) is 18.2. The minimum absolute atomic E-state index is 0.0458. The Hall–Kier alpha value is -2.13. The van der Waals surface area contributed by atoms with Crippen LogP contribution in [0.2, 0.25) is 0 Å². The Labute approximate surface area is 138 Å². The summed E-state index contributed by atoms with van der Waals surface area (Å²) >= 11 is 0. The van der Waals surface area contributed by atoms with Gasteiger partial charge in [0.15, 0.2) is 0 Å². The van der Waals surface area contributed by atoms with Crippen molar-refractivity contribution in [2.45, 2.75) is 24.5 Å². The Morgan fingerprint density at radius 2 is 1.75 bits per heavy atom. The zero-order valence-corrected chi connectivity index (χ0v) is 13.6. The molecule has 0 bridgehead atoms. The highest BCUT2D eigenvalue weighted by Gasteiger charge is 2.29. The van der Waals surface area contributed by atoms with Crippen LogP contribution in [0.1, 0.15) is 18.1 Å². The number of alkyl halides is 3. The van der Waals surface area contributed by atoms with Gasteiger partial charge in [0.25, 0.3) is 0 Å². The SMILES string of the molecule is CCNS(=O)(=O)c1ccc(NCc2ccc(C(F)(F)F)cc2)nc1. The van der Waals surface area contributed by atoms with Gasteiger partial charge in [0, 0.05) is 19.3 Å². The second-order valence-electron chi connectivity index (χ2n) is 4.93. The molecule has 1 aromatic carbocycles. The van der Waals surface area contributed by atoms with Crippen molar-refractivity contribution < 1.29 is 21.6 Å². The van der Waals surface area contributed by atoms with E-state index in [4.69, 9.17) is 0 Å². The zero-order valence-electron chi connectivity index (χ0n) is 12.8. The third-order valence-electron chi connectivity index (χ3n) is 3.14. The van der Waals surface area contributed by atoms with Gasteiger partial charge in [0.2, 0.25) is 10.0 Å². The summed E-state index contributed by atoms with van der Waals surface area (Å²) in [5.74, 6) is 0.422. The van der Waals surface area contributed by atoms with E-state index in [1.54, 1.807) is 6.92 Å². The number of benzene rings is 1. The number of sulfonamides is 1. The molecule has 2 rings (SSSR count). The van der Waals surface area contributed by atoms with Crippen LogP contribution >= 0.6 is 0 Å². The fraction of sp³-hybridized carbons (Fsp3) is 0.267. The number of nitrogens with one attached hydrogen (secondary N) is 2. The van der Waals surface area contributed by atoms with Crippen LogP contribution in [0.15, 0.2) is 47.5 Å². The number of pyridine rings is 1. The van der Waals surface area contributed by atoms with E-state index in [0.717, 1.165) is 12.1 Å². The number of hydrogen-bond donors (Lipinski definition) is 2. The lowest BCUT2D eigenvalue weighted by Crippen LogP contribution is -2.23. The van der Waals surface area contributed by atoms with Crippen molar-refractivity contribution in [3.8, 4) is 0 Å². The maximum atomic E-state index is 12.5. The molecule has 0 fully saturated rings. The molecular formula is C15H16F3N3O2S. The number of nitrogens with zero attached hydrogens (tertiary/aromatic N) is 1. The van der Waals surface area contributed by atoms with Gasteiger partial charge in [-0.3, -0.25) is 0 Å². The molecular weight excluding hydrogens is 343 g/mol. The van der Waals surface area contributed by atoms with Crippen molar-refractivity contribution in [2.75, 3.05) is 11.9 Å². The van der Waals surface area contributed by atoms with E-state index in [2.05, 4.69) is 15.0 Å². The summed E-state index contributed by atoms with van der Waals surface area (Å²) in [6, 6.07) is 7.67. The Morgan fingerprint density at radius 3 is 2.25 bits per heavy atom.